The smallest absolute Gasteiger partial charge is 0.251 e. The molecule has 1 N–H and O–H groups in total. The van der Waals surface area contributed by atoms with Crippen molar-refractivity contribution in [2.45, 2.75) is 0 Å². The molecule has 33 heavy (non-hydrogen) atoms. The number of benzene rings is 3. The molecule has 0 atom stereocenters. The topological polar surface area (TPSA) is 69.7 Å². The summed E-state index contributed by atoms with van der Waals surface area (Å²) >= 11 is 6.26. The van der Waals surface area contributed by atoms with Gasteiger partial charge in [-0.25, -0.2) is 8.42 Å². The van der Waals surface area contributed by atoms with Crippen LogP contribution in [0.25, 0.3) is 11.1 Å². The molecule has 0 bridgehead atoms. The van der Waals surface area contributed by atoms with E-state index in [2.05, 4.69) is 10.2 Å². The normalized spacial score (nSPS) is 14.8. The first-order chi connectivity index (χ1) is 15.9. The van der Waals surface area contributed by atoms with E-state index in [4.69, 9.17) is 11.6 Å². The van der Waals surface area contributed by atoms with Crippen molar-refractivity contribution in [2.75, 3.05) is 43.4 Å². The molecule has 3 aromatic rings. The lowest BCUT2D eigenvalue weighted by atomic mass is 10.0. The molecule has 4 rings (SSSR count). The van der Waals surface area contributed by atoms with Crippen LogP contribution in [-0.2, 0) is 10.0 Å². The number of nitrogens with one attached hydrogen (secondary N) is 1. The van der Waals surface area contributed by atoms with Gasteiger partial charge in [0.2, 0.25) is 10.0 Å². The molecule has 1 amide bonds. The van der Waals surface area contributed by atoms with Crippen molar-refractivity contribution in [3.05, 3.63) is 89.4 Å². The van der Waals surface area contributed by atoms with Crippen molar-refractivity contribution in [3.8, 4) is 11.1 Å². The lowest BCUT2D eigenvalue weighted by Gasteiger charge is -2.35. The lowest BCUT2D eigenvalue weighted by molar-refractivity contribution is 0.0956. The Balaban J connectivity index is 1.27. The van der Waals surface area contributed by atoms with E-state index in [9.17, 15) is 13.2 Å². The molecule has 6 nitrogen and oxygen atoms in total. The second-order valence-electron chi connectivity index (χ2n) is 7.85. The highest BCUT2D eigenvalue weighted by atomic mass is 35.5. The summed E-state index contributed by atoms with van der Waals surface area (Å²) in [5.74, 6) is -0.416. The monoisotopic (exact) mass is 483 g/mol. The van der Waals surface area contributed by atoms with Crippen LogP contribution in [-0.4, -0.2) is 57.1 Å². The predicted molar refractivity (Wildman–Crippen MR) is 133 cm³/mol. The van der Waals surface area contributed by atoms with Gasteiger partial charge in [0.1, 0.15) is 0 Å². The number of hydrogen-bond donors (Lipinski definition) is 1. The average Bonchev–Trinajstić information content (AvgIpc) is 2.85. The summed E-state index contributed by atoms with van der Waals surface area (Å²) in [6.45, 7) is 1.99. The fourth-order valence-electron chi connectivity index (χ4n) is 3.88. The van der Waals surface area contributed by atoms with Crippen LogP contribution in [0.1, 0.15) is 10.4 Å². The maximum absolute atomic E-state index is 12.7. The van der Waals surface area contributed by atoms with Gasteiger partial charge in [-0.2, -0.15) is 4.31 Å². The van der Waals surface area contributed by atoms with Gasteiger partial charge in [-0.15, -0.1) is 0 Å². The third-order valence-electron chi connectivity index (χ3n) is 5.72. The van der Waals surface area contributed by atoms with Gasteiger partial charge in [-0.3, -0.25) is 4.79 Å². The molecule has 1 heterocycles. The Bertz CT molecular complexity index is 1190. The molecule has 0 saturated carbocycles. The molecule has 1 aliphatic rings. The lowest BCUT2D eigenvalue weighted by Crippen LogP contribution is -2.50. The number of hydrogen-bond acceptors (Lipinski definition) is 4. The zero-order valence-corrected chi connectivity index (χ0v) is 19.7. The number of nitrogens with zero attached hydrogens (tertiary/aromatic N) is 2. The third kappa shape index (κ3) is 5.74. The molecule has 1 fully saturated rings. The van der Waals surface area contributed by atoms with Crippen LogP contribution in [0.2, 0.25) is 5.02 Å². The average molecular weight is 484 g/mol. The number of amides is 1. The quantitative estimate of drug-likeness (QED) is 0.553. The maximum Gasteiger partial charge on any atom is 0.251 e. The summed E-state index contributed by atoms with van der Waals surface area (Å²) in [7, 11) is -3.46. The first kappa shape index (κ1) is 23.3. The van der Waals surface area contributed by atoms with Crippen LogP contribution < -0.4 is 10.2 Å². The van der Waals surface area contributed by atoms with Gasteiger partial charge in [0.25, 0.3) is 5.91 Å². The highest BCUT2D eigenvalue weighted by Crippen LogP contribution is 2.26. The first-order valence-corrected chi connectivity index (χ1v) is 12.8. The number of para-hydroxylation sites is 1. The largest absolute Gasteiger partial charge is 0.368 e. The maximum atomic E-state index is 12.7. The van der Waals surface area contributed by atoms with Crippen molar-refractivity contribution in [1.29, 1.82) is 0 Å². The van der Waals surface area contributed by atoms with Crippen LogP contribution >= 0.6 is 11.6 Å². The van der Waals surface area contributed by atoms with E-state index in [0.717, 1.165) is 16.8 Å². The van der Waals surface area contributed by atoms with E-state index in [-0.39, 0.29) is 18.2 Å². The Morgan fingerprint density at radius 3 is 2.09 bits per heavy atom. The third-order valence-corrected chi connectivity index (χ3v) is 7.92. The molecule has 0 aliphatic carbocycles. The minimum absolute atomic E-state index is 0.0618. The summed E-state index contributed by atoms with van der Waals surface area (Å²) < 4.78 is 27.0. The van der Waals surface area contributed by atoms with Gasteiger partial charge < -0.3 is 10.2 Å². The van der Waals surface area contributed by atoms with Gasteiger partial charge in [0.15, 0.2) is 0 Å². The molecule has 172 valence electrons. The molecule has 0 radical (unpaired) electrons. The Labute approximate surface area is 199 Å². The Morgan fingerprint density at radius 2 is 1.42 bits per heavy atom. The number of carbonyl (C=O) groups is 1. The Hall–Kier alpha value is -2.87. The fraction of sp³-hybridized carbons (Fsp3) is 0.240. The Kier molecular flexibility index (Phi) is 7.33. The molecule has 3 aromatic carbocycles. The van der Waals surface area contributed by atoms with Gasteiger partial charge >= 0.3 is 0 Å². The fourth-order valence-corrected chi connectivity index (χ4v) is 5.48. The predicted octanol–water partition coefficient (Wildman–Crippen LogP) is 3.89. The molecule has 1 saturated heterocycles. The van der Waals surface area contributed by atoms with Crippen molar-refractivity contribution >= 4 is 33.2 Å². The molecule has 1 aliphatic heterocycles. The minimum atomic E-state index is -3.46. The van der Waals surface area contributed by atoms with E-state index in [1.54, 1.807) is 12.1 Å². The number of carbonyl (C=O) groups excluding carboxylic acids is 1. The van der Waals surface area contributed by atoms with Crippen LogP contribution in [0.5, 0.6) is 0 Å². The summed E-state index contributed by atoms with van der Waals surface area (Å²) in [5.41, 5.74) is 3.51. The molecular weight excluding hydrogens is 458 g/mol. The van der Waals surface area contributed by atoms with Crippen LogP contribution in [0, 0.1) is 0 Å². The highest BCUT2D eigenvalue weighted by Gasteiger charge is 2.27. The number of rotatable bonds is 7. The van der Waals surface area contributed by atoms with E-state index in [1.165, 1.54) is 4.31 Å². The molecule has 0 aromatic heterocycles. The van der Waals surface area contributed by atoms with Crippen molar-refractivity contribution in [2.24, 2.45) is 0 Å². The number of sulfonamides is 1. The van der Waals surface area contributed by atoms with Gasteiger partial charge in [0.05, 0.1) is 16.5 Å². The van der Waals surface area contributed by atoms with Gasteiger partial charge in [-0.1, -0.05) is 66.2 Å². The number of piperazine rings is 1. The molecule has 0 unspecified atom stereocenters. The first-order valence-electron chi connectivity index (χ1n) is 10.8. The van der Waals surface area contributed by atoms with Crippen molar-refractivity contribution in [3.63, 3.8) is 0 Å². The van der Waals surface area contributed by atoms with Crippen molar-refractivity contribution in [1.82, 2.24) is 9.62 Å². The summed E-state index contributed by atoms with van der Waals surface area (Å²) in [6.07, 6.45) is 0. The summed E-state index contributed by atoms with van der Waals surface area (Å²) in [5, 5.41) is 3.38. The van der Waals surface area contributed by atoms with E-state index in [0.29, 0.717) is 36.8 Å². The second-order valence-corrected chi connectivity index (χ2v) is 10.3. The number of halogens is 1. The van der Waals surface area contributed by atoms with Crippen molar-refractivity contribution < 1.29 is 13.2 Å². The van der Waals surface area contributed by atoms with Crippen LogP contribution in [0.15, 0.2) is 78.9 Å². The van der Waals surface area contributed by atoms with Gasteiger partial charge in [0, 0.05) is 38.3 Å². The standard InChI is InChI=1S/C25H26ClN3O3S/c26-23-8-4-5-9-24(23)28-15-17-29(18-16-28)33(31,32)19-14-27-25(30)22-12-10-21(11-13-22)20-6-2-1-3-7-20/h1-13H,14-19H2,(H,27,30). The Morgan fingerprint density at radius 1 is 0.818 bits per heavy atom. The van der Waals surface area contributed by atoms with E-state index < -0.39 is 10.0 Å². The van der Waals surface area contributed by atoms with Gasteiger partial charge in [-0.05, 0) is 35.4 Å². The summed E-state index contributed by atoms with van der Waals surface area (Å²) in [6, 6.07) is 24.7. The number of anilines is 1. The minimum Gasteiger partial charge on any atom is -0.368 e. The zero-order valence-electron chi connectivity index (χ0n) is 18.2. The van der Waals surface area contributed by atoms with Crippen LogP contribution in [0.4, 0.5) is 5.69 Å². The molecule has 0 spiro atoms. The molecule has 8 heteroatoms. The molecular formula is C25H26ClN3O3S. The summed E-state index contributed by atoms with van der Waals surface area (Å²) in [4.78, 5) is 14.5. The SMILES string of the molecule is O=C(NCCS(=O)(=O)N1CCN(c2ccccc2Cl)CC1)c1ccc(-c2ccccc2)cc1. The highest BCUT2D eigenvalue weighted by molar-refractivity contribution is 7.89. The van der Waals surface area contributed by atoms with Crippen LogP contribution in [0.3, 0.4) is 0 Å². The van der Waals surface area contributed by atoms with E-state index >= 15 is 0 Å². The second kappa shape index (κ2) is 10.4. The van der Waals surface area contributed by atoms with E-state index in [1.807, 2.05) is 66.7 Å². The zero-order chi connectivity index (χ0) is 23.3.